The SMILES string of the molecule is CCN(CC)C(C)CN1C(=O)CC2(CCCc3ccccc32)C1=O.Cl. The fourth-order valence-corrected chi connectivity index (χ4v) is 4.54. The van der Waals surface area contributed by atoms with Gasteiger partial charge in [0.2, 0.25) is 11.8 Å². The number of rotatable bonds is 5. The second kappa shape index (κ2) is 7.88. The lowest BCUT2D eigenvalue weighted by Gasteiger charge is -2.34. The first kappa shape index (κ1) is 19.9. The van der Waals surface area contributed by atoms with Gasteiger partial charge in [-0.3, -0.25) is 19.4 Å². The van der Waals surface area contributed by atoms with Crippen LogP contribution in [0, 0.1) is 0 Å². The third kappa shape index (κ3) is 3.34. The fraction of sp³-hybridized carbons (Fsp3) is 0.600. The van der Waals surface area contributed by atoms with E-state index in [1.165, 1.54) is 10.5 Å². The van der Waals surface area contributed by atoms with Crippen molar-refractivity contribution in [3.63, 3.8) is 0 Å². The van der Waals surface area contributed by atoms with Crippen molar-refractivity contribution in [3.05, 3.63) is 35.4 Å². The normalized spacial score (nSPS) is 23.8. The summed E-state index contributed by atoms with van der Waals surface area (Å²) in [5, 5.41) is 0. The highest BCUT2D eigenvalue weighted by Crippen LogP contribution is 2.45. The van der Waals surface area contributed by atoms with E-state index in [9.17, 15) is 9.59 Å². The minimum Gasteiger partial charge on any atom is -0.299 e. The molecule has 0 aromatic heterocycles. The molecular weight excluding hydrogens is 336 g/mol. The molecule has 0 saturated carbocycles. The first-order valence-corrected chi connectivity index (χ1v) is 9.20. The number of benzene rings is 1. The van der Waals surface area contributed by atoms with Crippen LogP contribution in [-0.4, -0.2) is 47.3 Å². The lowest BCUT2D eigenvalue weighted by Crippen LogP contribution is -2.47. The molecule has 138 valence electrons. The minimum absolute atomic E-state index is 0. The van der Waals surface area contributed by atoms with E-state index in [0.717, 1.165) is 37.9 Å². The Morgan fingerprint density at radius 2 is 1.88 bits per heavy atom. The molecule has 0 N–H and O–H groups in total. The zero-order chi connectivity index (χ0) is 17.3. The quantitative estimate of drug-likeness (QED) is 0.753. The zero-order valence-electron chi connectivity index (χ0n) is 15.5. The van der Waals surface area contributed by atoms with Crippen molar-refractivity contribution in [2.45, 2.75) is 57.9 Å². The lowest BCUT2D eigenvalue weighted by atomic mass is 9.69. The number of hydrogen-bond acceptors (Lipinski definition) is 3. The first-order chi connectivity index (χ1) is 11.5. The number of imide groups is 1. The summed E-state index contributed by atoms with van der Waals surface area (Å²) in [7, 11) is 0. The number of halogens is 1. The number of hydrogen-bond donors (Lipinski definition) is 0. The average Bonchev–Trinajstić information content (AvgIpc) is 2.81. The van der Waals surface area contributed by atoms with Crippen molar-refractivity contribution in [2.75, 3.05) is 19.6 Å². The standard InChI is InChI=1S/C20H28N2O2.ClH/c1-4-21(5-2)15(3)14-22-18(23)13-20(19(22)24)12-8-10-16-9-6-7-11-17(16)20;/h6-7,9,11,15H,4-5,8,10,12-14H2,1-3H3;1H. The number of likely N-dealkylation sites (N-methyl/N-ethyl adjacent to an activating group) is 1. The van der Waals surface area contributed by atoms with E-state index in [-0.39, 0.29) is 30.3 Å². The van der Waals surface area contributed by atoms with Gasteiger partial charge in [-0.2, -0.15) is 0 Å². The third-order valence-electron chi connectivity index (χ3n) is 5.87. The van der Waals surface area contributed by atoms with Gasteiger partial charge in [-0.25, -0.2) is 0 Å². The molecule has 0 radical (unpaired) electrons. The molecule has 2 amide bonds. The Hall–Kier alpha value is -1.39. The number of nitrogens with zero attached hydrogens (tertiary/aromatic N) is 2. The molecule has 1 heterocycles. The molecule has 2 aliphatic rings. The van der Waals surface area contributed by atoms with E-state index in [0.29, 0.717) is 13.0 Å². The zero-order valence-corrected chi connectivity index (χ0v) is 16.3. The molecule has 1 saturated heterocycles. The Morgan fingerprint density at radius 1 is 1.20 bits per heavy atom. The summed E-state index contributed by atoms with van der Waals surface area (Å²) < 4.78 is 0. The van der Waals surface area contributed by atoms with Gasteiger partial charge in [0.05, 0.1) is 5.41 Å². The van der Waals surface area contributed by atoms with Crippen LogP contribution >= 0.6 is 12.4 Å². The monoisotopic (exact) mass is 364 g/mol. The maximum atomic E-state index is 13.3. The minimum atomic E-state index is -0.602. The molecule has 4 nitrogen and oxygen atoms in total. The highest BCUT2D eigenvalue weighted by atomic mass is 35.5. The molecule has 2 atom stereocenters. The van der Waals surface area contributed by atoms with Crippen molar-refractivity contribution < 1.29 is 9.59 Å². The average molecular weight is 365 g/mol. The summed E-state index contributed by atoms with van der Waals surface area (Å²) in [6.07, 6.45) is 3.13. The van der Waals surface area contributed by atoms with Crippen LogP contribution in [-0.2, 0) is 21.4 Å². The maximum absolute atomic E-state index is 13.3. The van der Waals surface area contributed by atoms with Crippen LogP contribution < -0.4 is 0 Å². The molecule has 1 aromatic carbocycles. The number of carbonyl (C=O) groups is 2. The Morgan fingerprint density at radius 3 is 2.56 bits per heavy atom. The number of likely N-dealkylation sites (tertiary alicyclic amines) is 1. The number of amides is 2. The smallest absolute Gasteiger partial charge is 0.240 e. The van der Waals surface area contributed by atoms with Gasteiger partial charge in [0.15, 0.2) is 0 Å². The van der Waals surface area contributed by atoms with Gasteiger partial charge in [0, 0.05) is 19.0 Å². The second-order valence-electron chi connectivity index (χ2n) is 7.15. The Labute approximate surface area is 157 Å². The predicted octanol–water partition coefficient (Wildman–Crippen LogP) is 3.17. The summed E-state index contributed by atoms with van der Waals surface area (Å²) in [6, 6.07) is 8.37. The van der Waals surface area contributed by atoms with Crippen LogP contribution in [0.15, 0.2) is 24.3 Å². The van der Waals surface area contributed by atoms with E-state index < -0.39 is 5.41 Å². The predicted molar refractivity (Wildman–Crippen MR) is 102 cm³/mol. The summed E-state index contributed by atoms with van der Waals surface area (Å²) in [4.78, 5) is 29.8. The van der Waals surface area contributed by atoms with Gasteiger partial charge in [0.1, 0.15) is 0 Å². The molecule has 0 bridgehead atoms. The van der Waals surface area contributed by atoms with Crippen LogP contribution in [0.1, 0.15) is 51.2 Å². The molecular formula is C20H29ClN2O2. The number of fused-ring (bicyclic) bond motifs is 2. The number of carbonyl (C=O) groups excluding carboxylic acids is 2. The van der Waals surface area contributed by atoms with Crippen molar-refractivity contribution in [1.82, 2.24) is 9.80 Å². The molecule has 3 rings (SSSR count). The molecule has 1 spiro atoms. The van der Waals surface area contributed by atoms with Gasteiger partial charge < -0.3 is 0 Å². The second-order valence-corrected chi connectivity index (χ2v) is 7.15. The van der Waals surface area contributed by atoms with Gasteiger partial charge in [-0.05, 0) is 50.4 Å². The van der Waals surface area contributed by atoms with Gasteiger partial charge in [-0.15, -0.1) is 12.4 Å². The van der Waals surface area contributed by atoms with Crippen LogP contribution in [0.2, 0.25) is 0 Å². The Kier molecular flexibility index (Phi) is 6.28. The van der Waals surface area contributed by atoms with Crippen LogP contribution in [0.3, 0.4) is 0 Å². The topological polar surface area (TPSA) is 40.6 Å². The van der Waals surface area contributed by atoms with Crippen molar-refractivity contribution >= 4 is 24.2 Å². The summed E-state index contributed by atoms with van der Waals surface area (Å²) in [5.41, 5.74) is 1.73. The van der Waals surface area contributed by atoms with Crippen molar-refractivity contribution in [2.24, 2.45) is 0 Å². The van der Waals surface area contributed by atoms with Crippen LogP contribution in [0.25, 0.3) is 0 Å². The van der Waals surface area contributed by atoms with Crippen LogP contribution in [0.5, 0.6) is 0 Å². The summed E-state index contributed by atoms with van der Waals surface area (Å²) in [5.74, 6) is 0.0226. The maximum Gasteiger partial charge on any atom is 0.240 e. The number of aryl methyl sites for hydroxylation is 1. The third-order valence-corrected chi connectivity index (χ3v) is 5.87. The Balaban J connectivity index is 0.00000225. The van der Waals surface area contributed by atoms with E-state index in [4.69, 9.17) is 0 Å². The molecule has 1 aliphatic heterocycles. The summed E-state index contributed by atoms with van der Waals surface area (Å²) >= 11 is 0. The highest BCUT2D eigenvalue weighted by molar-refractivity contribution is 6.09. The summed E-state index contributed by atoms with van der Waals surface area (Å²) in [6.45, 7) is 8.71. The first-order valence-electron chi connectivity index (χ1n) is 9.20. The Bertz CT molecular complexity index is 644. The van der Waals surface area contributed by atoms with E-state index in [1.54, 1.807) is 0 Å². The fourth-order valence-electron chi connectivity index (χ4n) is 4.54. The molecule has 5 heteroatoms. The largest absolute Gasteiger partial charge is 0.299 e. The lowest BCUT2D eigenvalue weighted by molar-refractivity contribution is -0.141. The molecule has 2 unspecified atom stereocenters. The van der Waals surface area contributed by atoms with Gasteiger partial charge >= 0.3 is 0 Å². The van der Waals surface area contributed by atoms with Gasteiger partial charge in [-0.1, -0.05) is 38.1 Å². The van der Waals surface area contributed by atoms with Gasteiger partial charge in [0.25, 0.3) is 0 Å². The van der Waals surface area contributed by atoms with E-state index >= 15 is 0 Å². The molecule has 25 heavy (non-hydrogen) atoms. The molecule has 1 aliphatic carbocycles. The van der Waals surface area contributed by atoms with E-state index in [2.05, 4.69) is 37.8 Å². The highest BCUT2D eigenvalue weighted by Gasteiger charge is 2.54. The van der Waals surface area contributed by atoms with Crippen LogP contribution in [0.4, 0.5) is 0 Å². The molecule has 1 fully saturated rings. The van der Waals surface area contributed by atoms with Crippen molar-refractivity contribution in [1.29, 1.82) is 0 Å². The van der Waals surface area contributed by atoms with Crippen molar-refractivity contribution in [3.8, 4) is 0 Å². The molecule has 1 aromatic rings. The van der Waals surface area contributed by atoms with E-state index in [1.807, 2.05) is 12.1 Å².